The summed E-state index contributed by atoms with van der Waals surface area (Å²) in [4.78, 5) is 11.9. The van der Waals surface area contributed by atoms with E-state index in [-0.39, 0.29) is 5.91 Å². The van der Waals surface area contributed by atoms with Crippen LogP contribution in [0.3, 0.4) is 0 Å². The van der Waals surface area contributed by atoms with Crippen LogP contribution in [0.25, 0.3) is 0 Å². The quantitative estimate of drug-likeness (QED) is 0.801. The fourth-order valence-corrected chi connectivity index (χ4v) is 3.05. The zero-order chi connectivity index (χ0) is 13.9. The topological polar surface area (TPSA) is 41.1 Å². The van der Waals surface area contributed by atoms with E-state index in [4.69, 9.17) is 0 Å². The molecular formula is C17H24N2O. The Morgan fingerprint density at radius 1 is 1.25 bits per heavy atom. The molecule has 1 aromatic rings. The highest BCUT2D eigenvalue weighted by atomic mass is 16.1. The molecule has 0 atom stereocenters. The molecule has 3 heteroatoms. The molecule has 3 nitrogen and oxygen atoms in total. The van der Waals surface area contributed by atoms with Gasteiger partial charge in [-0.2, -0.15) is 0 Å². The lowest BCUT2D eigenvalue weighted by atomic mass is 9.98. The Hall–Kier alpha value is -1.35. The van der Waals surface area contributed by atoms with Crippen LogP contribution in [0.15, 0.2) is 24.3 Å². The van der Waals surface area contributed by atoms with Crippen molar-refractivity contribution in [3.05, 3.63) is 29.8 Å². The largest absolute Gasteiger partial charge is 0.325 e. The number of rotatable bonds is 7. The van der Waals surface area contributed by atoms with Crippen molar-refractivity contribution in [3.63, 3.8) is 0 Å². The van der Waals surface area contributed by atoms with E-state index in [2.05, 4.69) is 10.6 Å². The number of benzene rings is 1. The minimum absolute atomic E-state index is 0.0564. The van der Waals surface area contributed by atoms with Gasteiger partial charge in [0.2, 0.25) is 5.91 Å². The summed E-state index contributed by atoms with van der Waals surface area (Å²) in [5, 5.41) is 6.30. The molecule has 2 fully saturated rings. The number of aryl methyl sites for hydroxylation is 1. The average Bonchev–Trinajstić information content (AvgIpc) is 3.27. The lowest BCUT2D eigenvalue weighted by Gasteiger charge is -2.16. The van der Waals surface area contributed by atoms with Gasteiger partial charge < -0.3 is 10.6 Å². The van der Waals surface area contributed by atoms with Crippen LogP contribution in [-0.2, 0) is 4.79 Å². The van der Waals surface area contributed by atoms with E-state index >= 15 is 0 Å². The number of carbonyl (C=O) groups excluding carboxylic acids is 1. The molecule has 108 valence electrons. The average molecular weight is 272 g/mol. The minimum atomic E-state index is 0.0564. The first-order chi connectivity index (χ1) is 9.72. The van der Waals surface area contributed by atoms with Crippen LogP contribution < -0.4 is 10.6 Å². The lowest BCUT2D eigenvalue weighted by Crippen LogP contribution is -2.33. The van der Waals surface area contributed by atoms with Gasteiger partial charge in [-0.25, -0.2) is 0 Å². The van der Waals surface area contributed by atoms with Crippen LogP contribution in [0, 0.1) is 24.7 Å². The van der Waals surface area contributed by atoms with E-state index in [1.807, 2.05) is 31.2 Å². The standard InChI is InChI=1S/C17H24N2O/c1-12-3-2-4-15(9-12)19-17(20)11-18-10-16(13-5-6-13)14-7-8-14/h2-4,9,13-14,16,18H,5-8,10-11H2,1H3,(H,19,20). The van der Waals surface area contributed by atoms with Crippen LogP contribution in [0.4, 0.5) is 5.69 Å². The van der Waals surface area contributed by atoms with E-state index in [1.165, 1.54) is 31.2 Å². The fourth-order valence-electron chi connectivity index (χ4n) is 3.05. The van der Waals surface area contributed by atoms with Crippen molar-refractivity contribution in [2.24, 2.45) is 17.8 Å². The summed E-state index contributed by atoms with van der Waals surface area (Å²) < 4.78 is 0. The zero-order valence-electron chi connectivity index (χ0n) is 12.2. The van der Waals surface area contributed by atoms with Gasteiger partial charge in [0, 0.05) is 5.69 Å². The second kappa shape index (κ2) is 5.96. The molecule has 0 aliphatic heterocycles. The van der Waals surface area contributed by atoms with E-state index < -0.39 is 0 Å². The molecule has 0 spiro atoms. The first kappa shape index (κ1) is 13.6. The molecule has 1 aromatic carbocycles. The highest BCUT2D eigenvalue weighted by molar-refractivity contribution is 5.92. The normalized spacial score (nSPS) is 18.3. The van der Waals surface area contributed by atoms with Crippen LogP contribution in [0.2, 0.25) is 0 Å². The Kier molecular flexibility index (Phi) is 4.06. The third kappa shape index (κ3) is 3.83. The predicted octanol–water partition coefficient (Wildman–Crippen LogP) is 2.96. The van der Waals surface area contributed by atoms with Crippen molar-refractivity contribution >= 4 is 11.6 Å². The van der Waals surface area contributed by atoms with Crippen molar-refractivity contribution in [2.75, 3.05) is 18.4 Å². The third-order valence-electron chi connectivity index (χ3n) is 4.42. The number of nitrogens with one attached hydrogen (secondary N) is 2. The van der Waals surface area contributed by atoms with Crippen LogP contribution in [0.1, 0.15) is 31.2 Å². The molecular weight excluding hydrogens is 248 g/mol. The summed E-state index contributed by atoms with van der Waals surface area (Å²) in [5.74, 6) is 2.76. The smallest absolute Gasteiger partial charge is 0.238 e. The minimum Gasteiger partial charge on any atom is -0.325 e. The van der Waals surface area contributed by atoms with Crippen molar-refractivity contribution in [1.82, 2.24) is 5.32 Å². The number of amides is 1. The number of hydrogen-bond acceptors (Lipinski definition) is 2. The molecule has 0 bridgehead atoms. The van der Waals surface area contributed by atoms with Crippen LogP contribution in [0.5, 0.6) is 0 Å². The molecule has 20 heavy (non-hydrogen) atoms. The number of hydrogen-bond donors (Lipinski definition) is 2. The summed E-state index contributed by atoms with van der Waals surface area (Å²) >= 11 is 0. The molecule has 1 amide bonds. The Labute approximate surface area is 121 Å². The van der Waals surface area contributed by atoms with Gasteiger partial charge >= 0.3 is 0 Å². The van der Waals surface area contributed by atoms with E-state index in [0.29, 0.717) is 6.54 Å². The van der Waals surface area contributed by atoms with E-state index in [9.17, 15) is 4.79 Å². The summed E-state index contributed by atoms with van der Waals surface area (Å²) in [6.07, 6.45) is 5.60. The summed E-state index contributed by atoms with van der Waals surface area (Å²) in [5.41, 5.74) is 2.05. The molecule has 0 aromatic heterocycles. The van der Waals surface area contributed by atoms with Crippen LogP contribution in [-0.4, -0.2) is 19.0 Å². The van der Waals surface area contributed by atoms with Gasteiger partial charge in [0.25, 0.3) is 0 Å². The summed E-state index contributed by atoms with van der Waals surface area (Å²) in [6.45, 7) is 3.46. The fraction of sp³-hybridized carbons (Fsp3) is 0.588. The first-order valence-corrected chi connectivity index (χ1v) is 7.79. The molecule has 2 N–H and O–H groups in total. The van der Waals surface area contributed by atoms with Gasteiger partial charge in [-0.1, -0.05) is 12.1 Å². The van der Waals surface area contributed by atoms with Gasteiger partial charge in [-0.05, 0) is 74.6 Å². The van der Waals surface area contributed by atoms with Crippen molar-refractivity contribution in [2.45, 2.75) is 32.6 Å². The van der Waals surface area contributed by atoms with Gasteiger partial charge in [-0.15, -0.1) is 0 Å². The highest BCUT2D eigenvalue weighted by Crippen LogP contribution is 2.48. The maximum Gasteiger partial charge on any atom is 0.238 e. The zero-order valence-corrected chi connectivity index (χ0v) is 12.2. The molecule has 0 radical (unpaired) electrons. The molecule has 0 unspecified atom stereocenters. The van der Waals surface area contributed by atoms with Gasteiger partial charge in [0.15, 0.2) is 0 Å². The van der Waals surface area contributed by atoms with Gasteiger partial charge in [-0.3, -0.25) is 4.79 Å². The van der Waals surface area contributed by atoms with Crippen molar-refractivity contribution < 1.29 is 4.79 Å². The van der Waals surface area contributed by atoms with Crippen molar-refractivity contribution in [1.29, 1.82) is 0 Å². The Morgan fingerprint density at radius 2 is 1.95 bits per heavy atom. The molecule has 2 aliphatic carbocycles. The number of carbonyl (C=O) groups is 1. The third-order valence-corrected chi connectivity index (χ3v) is 4.42. The Balaban J connectivity index is 1.40. The van der Waals surface area contributed by atoms with Crippen molar-refractivity contribution in [3.8, 4) is 0 Å². The SMILES string of the molecule is Cc1cccc(NC(=O)CNCC(C2CC2)C2CC2)c1. The Morgan fingerprint density at radius 3 is 2.55 bits per heavy atom. The maximum absolute atomic E-state index is 11.9. The Bertz CT molecular complexity index is 466. The van der Waals surface area contributed by atoms with Crippen LogP contribution >= 0.6 is 0 Å². The van der Waals surface area contributed by atoms with E-state index in [0.717, 1.165) is 30.0 Å². The monoisotopic (exact) mass is 272 g/mol. The second-order valence-electron chi connectivity index (χ2n) is 6.39. The molecule has 0 saturated heterocycles. The highest BCUT2D eigenvalue weighted by Gasteiger charge is 2.40. The van der Waals surface area contributed by atoms with E-state index in [1.54, 1.807) is 0 Å². The lowest BCUT2D eigenvalue weighted by molar-refractivity contribution is -0.115. The first-order valence-electron chi connectivity index (χ1n) is 7.79. The van der Waals surface area contributed by atoms with Gasteiger partial charge in [0.1, 0.15) is 0 Å². The maximum atomic E-state index is 11.9. The molecule has 3 rings (SSSR count). The molecule has 2 saturated carbocycles. The number of anilines is 1. The predicted molar refractivity (Wildman–Crippen MR) is 81.6 cm³/mol. The molecule has 0 heterocycles. The molecule has 2 aliphatic rings. The summed E-state index contributed by atoms with van der Waals surface area (Å²) in [7, 11) is 0. The van der Waals surface area contributed by atoms with Gasteiger partial charge in [0.05, 0.1) is 6.54 Å². The summed E-state index contributed by atoms with van der Waals surface area (Å²) in [6, 6.07) is 7.93. The second-order valence-corrected chi connectivity index (χ2v) is 6.39.